The van der Waals surface area contributed by atoms with E-state index in [4.69, 9.17) is 10.2 Å². The number of nitrogens with zero attached hydrogens (tertiary/aromatic N) is 8. The van der Waals surface area contributed by atoms with Crippen molar-refractivity contribution in [1.29, 1.82) is 0 Å². The molecule has 2 N–H and O–H groups in total. The van der Waals surface area contributed by atoms with Gasteiger partial charge >= 0.3 is 0 Å². The lowest BCUT2D eigenvalue weighted by molar-refractivity contribution is -0.132. The first-order chi connectivity index (χ1) is 17.1. The number of hydrogen-bond acceptors (Lipinski definition) is 9. The Morgan fingerprint density at radius 3 is 2.57 bits per heavy atom. The lowest BCUT2D eigenvalue weighted by Crippen LogP contribution is -2.54. The number of anilines is 3. The number of carbonyl (C=O) groups is 1. The molecule has 0 saturated carbocycles. The van der Waals surface area contributed by atoms with E-state index >= 15 is 0 Å². The topological polar surface area (TPSA) is 122 Å². The van der Waals surface area contributed by atoms with Crippen LogP contribution in [0.1, 0.15) is 12.8 Å². The maximum atomic E-state index is 13.5. The first-order valence-corrected chi connectivity index (χ1v) is 11.6. The van der Waals surface area contributed by atoms with Crippen molar-refractivity contribution in [2.45, 2.75) is 18.9 Å². The summed E-state index contributed by atoms with van der Waals surface area (Å²) in [4.78, 5) is 32.8. The number of furan rings is 1. The van der Waals surface area contributed by atoms with Gasteiger partial charge in [0.15, 0.2) is 5.76 Å². The summed E-state index contributed by atoms with van der Waals surface area (Å²) in [5, 5.41) is 4.33. The Bertz CT molecular complexity index is 1350. The fourth-order valence-electron chi connectivity index (χ4n) is 4.74. The van der Waals surface area contributed by atoms with E-state index in [1.165, 1.54) is 16.6 Å². The lowest BCUT2D eigenvalue weighted by atomic mass is 10.1. The van der Waals surface area contributed by atoms with Gasteiger partial charge in [0, 0.05) is 38.4 Å². The molecular weight excluding hydrogens is 453 g/mol. The van der Waals surface area contributed by atoms with Crippen molar-refractivity contribution in [3.8, 4) is 11.6 Å². The van der Waals surface area contributed by atoms with E-state index in [2.05, 4.69) is 25.0 Å². The maximum absolute atomic E-state index is 13.5. The quantitative estimate of drug-likeness (QED) is 0.469. The summed E-state index contributed by atoms with van der Waals surface area (Å²) in [5.41, 5.74) is 7.12. The monoisotopic (exact) mass is 477 g/mol. The molecule has 35 heavy (non-hydrogen) atoms. The van der Waals surface area contributed by atoms with Gasteiger partial charge in [-0.3, -0.25) is 4.79 Å². The Morgan fingerprint density at radius 1 is 1.03 bits per heavy atom. The molecule has 0 aliphatic carbocycles. The third kappa shape index (κ3) is 3.90. The van der Waals surface area contributed by atoms with Gasteiger partial charge in [0.2, 0.25) is 23.6 Å². The molecule has 12 heteroatoms. The molecule has 4 aromatic rings. The molecular formula is C23H24FN9O2. The molecule has 0 spiro atoms. The van der Waals surface area contributed by atoms with Crippen LogP contribution in [0.3, 0.4) is 0 Å². The second-order valence-corrected chi connectivity index (χ2v) is 8.65. The van der Waals surface area contributed by atoms with Crippen LogP contribution in [0.25, 0.3) is 17.4 Å². The third-order valence-electron chi connectivity index (χ3n) is 6.54. The molecule has 2 fully saturated rings. The molecule has 5 heterocycles. The minimum Gasteiger partial charge on any atom is -0.461 e. The van der Waals surface area contributed by atoms with Crippen LogP contribution in [-0.2, 0) is 4.79 Å². The van der Waals surface area contributed by atoms with Gasteiger partial charge in [0.05, 0.1) is 6.26 Å². The second kappa shape index (κ2) is 8.53. The van der Waals surface area contributed by atoms with Crippen LogP contribution < -0.4 is 15.5 Å². The van der Waals surface area contributed by atoms with Crippen molar-refractivity contribution in [2.24, 2.45) is 0 Å². The van der Waals surface area contributed by atoms with Crippen molar-refractivity contribution in [3.63, 3.8) is 0 Å². The summed E-state index contributed by atoms with van der Waals surface area (Å²) >= 11 is 0. The minimum absolute atomic E-state index is 0.0565. The highest BCUT2D eigenvalue weighted by Crippen LogP contribution is 2.27. The lowest BCUT2D eigenvalue weighted by Gasteiger charge is -2.38. The zero-order valence-corrected chi connectivity index (χ0v) is 18.9. The number of nitrogen functional groups attached to an aromatic ring is 1. The Hall–Kier alpha value is -4.22. The van der Waals surface area contributed by atoms with Crippen LogP contribution in [0.2, 0.25) is 0 Å². The van der Waals surface area contributed by atoms with Crippen LogP contribution in [0.4, 0.5) is 22.0 Å². The molecule has 1 atom stereocenters. The number of rotatable bonds is 4. The van der Waals surface area contributed by atoms with E-state index in [1.807, 2.05) is 9.80 Å². The highest BCUT2D eigenvalue weighted by atomic mass is 19.1. The molecule has 2 aliphatic heterocycles. The summed E-state index contributed by atoms with van der Waals surface area (Å²) in [6.45, 7) is 3.23. The van der Waals surface area contributed by atoms with Gasteiger partial charge in [-0.2, -0.15) is 19.5 Å². The smallest absolute Gasteiger partial charge is 0.259 e. The SMILES string of the molecule is Nc1nc(N2CCC[C@H]2C(=O)N2CCN(c3ccc(F)cc3)CC2)nc2nc(-c3ccco3)nn12. The highest BCUT2D eigenvalue weighted by Gasteiger charge is 2.37. The van der Waals surface area contributed by atoms with Gasteiger partial charge in [0.1, 0.15) is 11.9 Å². The molecule has 11 nitrogen and oxygen atoms in total. The number of halogens is 1. The van der Waals surface area contributed by atoms with Crippen LogP contribution in [0.15, 0.2) is 47.1 Å². The van der Waals surface area contributed by atoms with Crippen LogP contribution in [0, 0.1) is 5.82 Å². The van der Waals surface area contributed by atoms with Crippen molar-refractivity contribution in [3.05, 3.63) is 48.5 Å². The minimum atomic E-state index is -0.360. The molecule has 0 bridgehead atoms. The number of hydrogen-bond donors (Lipinski definition) is 1. The van der Waals surface area contributed by atoms with Crippen molar-refractivity contribution >= 4 is 29.3 Å². The Kier molecular flexibility index (Phi) is 5.20. The summed E-state index contributed by atoms with van der Waals surface area (Å²) in [5.74, 6) is 1.47. The number of carbonyl (C=O) groups excluding carboxylic acids is 1. The molecule has 3 aromatic heterocycles. The molecule has 1 amide bonds. The fraction of sp³-hybridized carbons (Fsp3) is 0.348. The van der Waals surface area contributed by atoms with Gasteiger partial charge in [-0.1, -0.05) is 0 Å². The number of amides is 1. The van der Waals surface area contributed by atoms with Gasteiger partial charge in [0.25, 0.3) is 5.78 Å². The molecule has 2 saturated heterocycles. The summed E-state index contributed by atoms with van der Waals surface area (Å²) < 4.78 is 20.0. The van der Waals surface area contributed by atoms with Gasteiger partial charge in [-0.05, 0) is 49.2 Å². The molecule has 2 aliphatic rings. The zero-order chi connectivity index (χ0) is 23.9. The molecule has 6 rings (SSSR count). The van der Waals surface area contributed by atoms with Crippen molar-refractivity contribution < 1.29 is 13.6 Å². The Balaban J connectivity index is 1.19. The molecule has 180 valence electrons. The number of nitrogens with two attached hydrogens (primary N) is 1. The maximum Gasteiger partial charge on any atom is 0.259 e. The van der Waals surface area contributed by atoms with Crippen LogP contribution in [-0.4, -0.2) is 74.1 Å². The van der Waals surface area contributed by atoms with E-state index in [1.54, 1.807) is 30.5 Å². The van der Waals surface area contributed by atoms with E-state index < -0.39 is 0 Å². The van der Waals surface area contributed by atoms with E-state index in [-0.39, 0.29) is 23.7 Å². The fourth-order valence-corrected chi connectivity index (χ4v) is 4.74. The van der Waals surface area contributed by atoms with E-state index in [0.717, 1.165) is 18.5 Å². The van der Waals surface area contributed by atoms with E-state index in [0.29, 0.717) is 56.0 Å². The Morgan fingerprint density at radius 2 is 1.83 bits per heavy atom. The van der Waals surface area contributed by atoms with E-state index in [9.17, 15) is 9.18 Å². The largest absolute Gasteiger partial charge is 0.461 e. The first kappa shape index (κ1) is 21.3. The number of piperazine rings is 1. The predicted molar refractivity (Wildman–Crippen MR) is 126 cm³/mol. The zero-order valence-electron chi connectivity index (χ0n) is 18.9. The standard InChI is InChI=1S/C23H24FN9O2/c24-15-5-7-16(8-6-15)30-10-12-31(13-11-30)20(34)17-3-1-9-32(17)22-27-21(25)33-23(28-22)26-19(29-33)18-4-2-14-35-18/h2,4-8,14,17H,1,3,9-13H2,(H2,25,26,27,28,29)/t17-/m0/s1. The van der Waals surface area contributed by atoms with Gasteiger partial charge in [-0.15, -0.1) is 5.10 Å². The summed E-state index contributed by atoms with van der Waals surface area (Å²) in [6.07, 6.45) is 3.11. The van der Waals surface area contributed by atoms with Gasteiger partial charge in [-0.25, -0.2) is 4.39 Å². The summed E-state index contributed by atoms with van der Waals surface area (Å²) in [7, 11) is 0. The third-order valence-corrected chi connectivity index (χ3v) is 6.54. The molecule has 1 aromatic carbocycles. The van der Waals surface area contributed by atoms with Crippen molar-refractivity contribution in [2.75, 3.05) is 48.3 Å². The first-order valence-electron chi connectivity index (χ1n) is 11.6. The van der Waals surface area contributed by atoms with Crippen molar-refractivity contribution in [1.82, 2.24) is 29.5 Å². The summed E-state index contributed by atoms with van der Waals surface area (Å²) in [6, 6.07) is 9.60. The normalized spacial score (nSPS) is 18.5. The predicted octanol–water partition coefficient (Wildman–Crippen LogP) is 1.82. The average molecular weight is 478 g/mol. The highest BCUT2D eigenvalue weighted by molar-refractivity contribution is 5.85. The Labute approximate surface area is 200 Å². The number of benzene rings is 1. The van der Waals surface area contributed by atoms with Crippen LogP contribution >= 0.6 is 0 Å². The van der Waals surface area contributed by atoms with Gasteiger partial charge < -0.3 is 24.9 Å². The average Bonchev–Trinajstić information content (AvgIpc) is 3.64. The number of aromatic nitrogens is 5. The van der Waals surface area contributed by atoms with Crippen LogP contribution in [0.5, 0.6) is 0 Å². The molecule has 0 radical (unpaired) electrons. The second-order valence-electron chi connectivity index (χ2n) is 8.65. The molecule has 0 unspecified atom stereocenters. The number of fused-ring (bicyclic) bond motifs is 1.